The van der Waals surface area contributed by atoms with Gasteiger partial charge < -0.3 is 32.0 Å². The number of benzene rings is 2. The molecule has 0 aliphatic heterocycles. The average molecular weight is 399 g/mol. The van der Waals surface area contributed by atoms with E-state index in [1.54, 1.807) is 36.4 Å². The Morgan fingerprint density at radius 3 is 2.59 bits per heavy atom. The van der Waals surface area contributed by atoms with Crippen molar-refractivity contribution >= 4 is 29.8 Å². The Morgan fingerprint density at radius 1 is 1.14 bits per heavy atom. The molecule has 2 amide bonds. The molecule has 0 fully saturated rings. The lowest BCUT2D eigenvalue weighted by Gasteiger charge is -2.15. The van der Waals surface area contributed by atoms with E-state index in [4.69, 9.17) is 5.84 Å². The molecule has 0 saturated heterocycles. The number of nitrogens with one attached hydrogen (secondary N) is 3. The van der Waals surface area contributed by atoms with Crippen LogP contribution in [0.4, 0.5) is 5.69 Å². The number of hydrogen-bond acceptors (Lipinski definition) is 6. The molecule has 0 aliphatic carbocycles. The molecule has 0 bridgehead atoms. The summed E-state index contributed by atoms with van der Waals surface area (Å²) >= 11 is 0. The second kappa shape index (κ2) is 10.3. The maximum atomic E-state index is 12.2. The van der Waals surface area contributed by atoms with Crippen LogP contribution >= 0.6 is 0 Å². The Labute approximate surface area is 166 Å². The average Bonchev–Trinajstić information content (AvgIpc) is 2.71. The standard InChI is InChI=1S/C19H21N5O5/c20-23-11-22-14-6-3-5-13(8-14)18(27)21-10-17(26)24-15(19(28)29)9-12-4-1-2-7-16(12)25/h1-8,11,15,25H,9-10,20H2,(H,21,27)(H,22,23)(H,24,26)(H,28,29). The number of hydrazone groups is 1. The number of carbonyl (C=O) groups is 3. The molecule has 2 aromatic rings. The molecule has 29 heavy (non-hydrogen) atoms. The summed E-state index contributed by atoms with van der Waals surface area (Å²) in [6.45, 7) is -0.411. The summed E-state index contributed by atoms with van der Waals surface area (Å²) in [5, 5.41) is 29.9. The van der Waals surface area contributed by atoms with Crippen molar-refractivity contribution in [1.29, 1.82) is 0 Å². The second-order valence-electron chi connectivity index (χ2n) is 5.98. The molecule has 1 atom stereocenters. The van der Waals surface area contributed by atoms with Crippen LogP contribution in [0.25, 0.3) is 0 Å². The van der Waals surface area contributed by atoms with Crippen molar-refractivity contribution in [2.24, 2.45) is 10.9 Å². The number of aliphatic carboxylic acids is 1. The molecule has 0 saturated carbocycles. The van der Waals surface area contributed by atoms with Crippen molar-refractivity contribution in [2.45, 2.75) is 12.5 Å². The Hall–Kier alpha value is -4.08. The molecule has 0 heterocycles. The maximum Gasteiger partial charge on any atom is 0.326 e. The third-order valence-corrected chi connectivity index (χ3v) is 3.89. The van der Waals surface area contributed by atoms with Crippen molar-refractivity contribution in [3.05, 3.63) is 59.7 Å². The summed E-state index contributed by atoms with van der Waals surface area (Å²) < 4.78 is 0. The summed E-state index contributed by atoms with van der Waals surface area (Å²) in [6, 6.07) is 11.4. The van der Waals surface area contributed by atoms with Crippen molar-refractivity contribution in [1.82, 2.24) is 10.6 Å². The quantitative estimate of drug-likeness (QED) is 0.152. The van der Waals surface area contributed by atoms with Gasteiger partial charge in [-0.15, -0.1) is 0 Å². The number of aromatic hydroxyl groups is 1. The van der Waals surface area contributed by atoms with Crippen LogP contribution in [-0.2, 0) is 16.0 Å². The Balaban J connectivity index is 1.92. The highest BCUT2D eigenvalue weighted by atomic mass is 16.4. The largest absolute Gasteiger partial charge is 0.508 e. The number of carbonyl (C=O) groups excluding carboxylic acids is 2. The first-order valence-corrected chi connectivity index (χ1v) is 8.56. The van der Waals surface area contributed by atoms with Crippen molar-refractivity contribution in [2.75, 3.05) is 11.9 Å². The highest BCUT2D eigenvalue weighted by Gasteiger charge is 2.22. The number of carboxylic acids is 1. The molecule has 7 N–H and O–H groups in total. The summed E-state index contributed by atoms with van der Waals surface area (Å²) in [4.78, 5) is 35.7. The van der Waals surface area contributed by atoms with Crippen molar-refractivity contribution in [3.8, 4) is 5.75 Å². The van der Waals surface area contributed by atoms with Gasteiger partial charge in [0.1, 0.15) is 18.1 Å². The number of nitrogens with two attached hydrogens (primary N) is 1. The number of amides is 2. The third-order valence-electron chi connectivity index (χ3n) is 3.89. The number of hydrogen-bond donors (Lipinski definition) is 6. The van der Waals surface area contributed by atoms with E-state index < -0.39 is 30.4 Å². The van der Waals surface area contributed by atoms with E-state index in [2.05, 4.69) is 21.1 Å². The smallest absolute Gasteiger partial charge is 0.326 e. The Kier molecular flexibility index (Phi) is 7.54. The van der Waals surface area contributed by atoms with Gasteiger partial charge in [-0.25, -0.2) is 4.79 Å². The Bertz CT molecular complexity index is 915. The number of carboxylic acid groups (broad SMARTS) is 1. The van der Waals surface area contributed by atoms with Gasteiger partial charge in [0.05, 0.1) is 6.54 Å². The predicted octanol–water partition coefficient (Wildman–Crippen LogP) is 0.248. The first-order valence-electron chi connectivity index (χ1n) is 8.56. The molecular formula is C19H21N5O5. The van der Waals surface area contributed by atoms with Gasteiger partial charge >= 0.3 is 5.97 Å². The molecule has 2 aromatic carbocycles. The van der Waals surface area contributed by atoms with Gasteiger partial charge in [-0.3, -0.25) is 9.59 Å². The maximum absolute atomic E-state index is 12.2. The minimum Gasteiger partial charge on any atom is -0.508 e. The fourth-order valence-corrected chi connectivity index (χ4v) is 2.47. The molecule has 2 rings (SSSR count). The monoisotopic (exact) mass is 399 g/mol. The number of para-hydroxylation sites is 1. The van der Waals surface area contributed by atoms with E-state index in [1.807, 2.05) is 0 Å². The van der Waals surface area contributed by atoms with Gasteiger partial charge in [-0.05, 0) is 29.8 Å². The normalized spacial score (nSPS) is 11.6. The predicted molar refractivity (Wildman–Crippen MR) is 106 cm³/mol. The number of phenolic OH excluding ortho intramolecular Hbond substituents is 1. The van der Waals surface area contributed by atoms with Gasteiger partial charge in [0.25, 0.3) is 5.91 Å². The van der Waals surface area contributed by atoms with E-state index in [1.165, 1.54) is 18.5 Å². The highest BCUT2D eigenvalue weighted by Crippen LogP contribution is 2.17. The van der Waals surface area contributed by atoms with Gasteiger partial charge in [0, 0.05) is 17.7 Å². The molecular weight excluding hydrogens is 378 g/mol. The van der Waals surface area contributed by atoms with Gasteiger partial charge in [-0.1, -0.05) is 24.3 Å². The van der Waals surface area contributed by atoms with E-state index in [9.17, 15) is 24.6 Å². The first kappa shape index (κ1) is 21.2. The minimum absolute atomic E-state index is 0.0607. The Morgan fingerprint density at radius 2 is 1.90 bits per heavy atom. The van der Waals surface area contributed by atoms with Crippen LogP contribution in [0.1, 0.15) is 15.9 Å². The van der Waals surface area contributed by atoms with E-state index in [0.29, 0.717) is 11.3 Å². The molecule has 1 unspecified atom stereocenters. The topological polar surface area (TPSA) is 166 Å². The van der Waals surface area contributed by atoms with Gasteiger partial charge in [0.15, 0.2) is 0 Å². The highest BCUT2D eigenvalue weighted by molar-refractivity contribution is 5.98. The molecule has 0 radical (unpaired) electrons. The molecule has 10 heteroatoms. The third kappa shape index (κ3) is 6.54. The molecule has 152 valence electrons. The lowest BCUT2D eigenvalue weighted by Crippen LogP contribution is -2.46. The molecule has 0 aliphatic rings. The van der Waals surface area contributed by atoms with Crippen LogP contribution in [-0.4, -0.2) is 46.9 Å². The SMILES string of the molecule is NN=CNc1cccc(C(=O)NCC(=O)NC(Cc2ccccc2O)C(=O)O)c1. The molecule has 0 aromatic heterocycles. The zero-order valence-electron chi connectivity index (χ0n) is 15.3. The number of phenols is 1. The number of nitrogens with zero attached hydrogens (tertiary/aromatic N) is 1. The zero-order chi connectivity index (χ0) is 21.2. The van der Waals surface area contributed by atoms with Crippen LogP contribution < -0.4 is 21.8 Å². The van der Waals surface area contributed by atoms with Crippen LogP contribution in [0.5, 0.6) is 5.75 Å². The van der Waals surface area contributed by atoms with E-state index in [-0.39, 0.29) is 17.7 Å². The number of anilines is 1. The summed E-state index contributed by atoms with van der Waals surface area (Å²) in [5.74, 6) is 2.50. The van der Waals surface area contributed by atoms with Gasteiger partial charge in [-0.2, -0.15) is 5.10 Å². The van der Waals surface area contributed by atoms with E-state index >= 15 is 0 Å². The van der Waals surface area contributed by atoms with E-state index in [0.717, 1.165) is 0 Å². The first-order chi connectivity index (χ1) is 13.9. The molecule has 0 spiro atoms. The van der Waals surface area contributed by atoms with Crippen LogP contribution in [0.2, 0.25) is 0 Å². The fraction of sp³-hybridized carbons (Fsp3) is 0.158. The van der Waals surface area contributed by atoms with Crippen LogP contribution in [0.15, 0.2) is 53.6 Å². The fourth-order valence-electron chi connectivity index (χ4n) is 2.47. The summed E-state index contributed by atoms with van der Waals surface area (Å²) in [6.07, 6.45) is 1.15. The zero-order valence-corrected chi connectivity index (χ0v) is 15.3. The lowest BCUT2D eigenvalue weighted by atomic mass is 10.0. The summed E-state index contributed by atoms with van der Waals surface area (Å²) in [7, 11) is 0. The second-order valence-corrected chi connectivity index (χ2v) is 5.98. The lowest BCUT2D eigenvalue weighted by molar-refractivity contribution is -0.141. The number of rotatable bonds is 9. The summed E-state index contributed by atoms with van der Waals surface area (Å²) in [5.41, 5.74) is 1.25. The molecule has 10 nitrogen and oxygen atoms in total. The van der Waals surface area contributed by atoms with Crippen LogP contribution in [0.3, 0.4) is 0 Å². The van der Waals surface area contributed by atoms with Gasteiger partial charge in [0.2, 0.25) is 5.91 Å². The van der Waals surface area contributed by atoms with Crippen LogP contribution in [0, 0.1) is 0 Å². The van der Waals surface area contributed by atoms with Crippen molar-refractivity contribution in [3.63, 3.8) is 0 Å². The van der Waals surface area contributed by atoms with Crippen molar-refractivity contribution < 1.29 is 24.6 Å². The minimum atomic E-state index is -1.26.